The fraction of sp³-hybridized carbons (Fsp3) is 0.529. The minimum Gasteiger partial charge on any atom is -0.506 e. The number of phenols is 1. The lowest BCUT2D eigenvalue weighted by atomic mass is 9.97. The van der Waals surface area contributed by atoms with Crippen molar-refractivity contribution in [1.82, 2.24) is 4.90 Å². The molecular formula is C17H23N3O6. The highest BCUT2D eigenvalue weighted by molar-refractivity contribution is 5.94. The molecule has 9 heteroatoms. The van der Waals surface area contributed by atoms with Crippen LogP contribution in [0.1, 0.15) is 33.6 Å². The number of carbonyl (C=O) groups is 2. The fourth-order valence-electron chi connectivity index (χ4n) is 2.66. The molecule has 1 unspecified atom stereocenters. The van der Waals surface area contributed by atoms with Gasteiger partial charge >= 0.3 is 6.09 Å². The molecule has 1 aliphatic heterocycles. The molecule has 0 spiro atoms. The van der Waals surface area contributed by atoms with Crippen LogP contribution in [0.4, 0.5) is 16.2 Å². The van der Waals surface area contributed by atoms with Crippen LogP contribution in [0.25, 0.3) is 0 Å². The summed E-state index contributed by atoms with van der Waals surface area (Å²) in [6.45, 7) is 6.00. The topological polar surface area (TPSA) is 122 Å². The highest BCUT2D eigenvalue weighted by Crippen LogP contribution is 2.29. The molecule has 1 aromatic rings. The maximum absolute atomic E-state index is 12.5. The number of hydrogen-bond acceptors (Lipinski definition) is 6. The van der Waals surface area contributed by atoms with E-state index in [0.29, 0.717) is 19.4 Å². The van der Waals surface area contributed by atoms with E-state index in [4.69, 9.17) is 4.74 Å². The number of aromatic hydroxyl groups is 1. The SMILES string of the molecule is CC(C)(C)OC(=O)N1CCCC(C(=O)Nc2cc([N+](=O)[O-])ccc2O)C1. The van der Waals surface area contributed by atoms with Crippen molar-refractivity contribution in [1.29, 1.82) is 0 Å². The van der Waals surface area contributed by atoms with Crippen molar-refractivity contribution in [2.24, 2.45) is 5.92 Å². The minimum atomic E-state index is -0.624. The molecule has 2 rings (SSSR count). The van der Waals surface area contributed by atoms with Crippen LogP contribution >= 0.6 is 0 Å². The van der Waals surface area contributed by atoms with E-state index in [1.807, 2.05) is 0 Å². The van der Waals surface area contributed by atoms with Crippen molar-refractivity contribution in [2.45, 2.75) is 39.2 Å². The Morgan fingerprint density at radius 2 is 2.08 bits per heavy atom. The molecule has 0 bridgehead atoms. The molecule has 142 valence electrons. The van der Waals surface area contributed by atoms with Crippen LogP contribution in [-0.4, -0.2) is 45.6 Å². The number of ether oxygens (including phenoxy) is 1. The van der Waals surface area contributed by atoms with E-state index < -0.39 is 28.4 Å². The summed E-state index contributed by atoms with van der Waals surface area (Å²) >= 11 is 0. The Morgan fingerprint density at radius 3 is 2.69 bits per heavy atom. The largest absolute Gasteiger partial charge is 0.506 e. The van der Waals surface area contributed by atoms with Gasteiger partial charge in [-0.15, -0.1) is 0 Å². The Morgan fingerprint density at radius 1 is 1.38 bits per heavy atom. The lowest BCUT2D eigenvalue weighted by Gasteiger charge is -2.33. The standard InChI is InChI=1S/C17H23N3O6/c1-17(2,3)26-16(23)19-8-4-5-11(10-19)15(22)18-13-9-12(20(24)25)6-7-14(13)21/h6-7,9,11,21H,4-5,8,10H2,1-3H3,(H,18,22). The van der Waals surface area contributed by atoms with Crippen LogP contribution in [0.2, 0.25) is 0 Å². The Hall–Kier alpha value is -2.84. The van der Waals surface area contributed by atoms with Crippen molar-refractivity contribution in [3.63, 3.8) is 0 Å². The van der Waals surface area contributed by atoms with Gasteiger partial charge < -0.3 is 20.1 Å². The number of amides is 2. The summed E-state index contributed by atoms with van der Waals surface area (Å²) in [5, 5.41) is 23.2. The number of benzene rings is 1. The van der Waals surface area contributed by atoms with Crippen molar-refractivity contribution in [3.8, 4) is 5.75 Å². The van der Waals surface area contributed by atoms with E-state index in [2.05, 4.69) is 5.32 Å². The van der Waals surface area contributed by atoms with E-state index in [0.717, 1.165) is 18.2 Å². The maximum atomic E-state index is 12.5. The number of nitrogens with zero attached hydrogens (tertiary/aromatic N) is 2. The van der Waals surface area contributed by atoms with Gasteiger partial charge in [-0.2, -0.15) is 0 Å². The molecule has 0 aliphatic carbocycles. The number of non-ortho nitro benzene ring substituents is 1. The molecule has 1 atom stereocenters. The zero-order chi connectivity index (χ0) is 19.5. The van der Waals surface area contributed by atoms with Crippen LogP contribution in [0, 0.1) is 16.0 Å². The highest BCUT2D eigenvalue weighted by atomic mass is 16.6. The highest BCUT2D eigenvalue weighted by Gasteiger charge is 2.31. The van der Waals surface area contributed by atoms with Crippen LogP contribution in [-0.2, 0) is 9.53 Å². The molecule has 1 fully saturated rings. The zero-order valence-electron chi connectivity index (χ0n) is 15.0. The molecule has 2 amide bonds. The molecule has 1 aliphatic rings. The summed E-state index contributed by atoms with van der Waals surface area (Å²) in [5.74, 6) is -1.16. The fourth-order valence-corrected chi connectivity index (χ4v) is 2.66. The molecule has 1 saturated heterocycles. The lowest BCUT2D eigenvalue weighted by Crippen LogP contribution is -2.45. The third kappa shape index (κ3) is 5.08. The average molecular weight is 365 g/mol. The van der Waals surface area contributed by atoms with Crippen LogP contribution in [0.5, 0.6) is 5.75 Å². The molecule has 26 heavy (non-hydrogen) atoms. The second-order valence-corrected chi connectivity index (χ2v) is 7.21. The molecule has 9 nitrogen and oxygen atoms in total. The monoisotopic (exact) mass is 365 g/mol. The first-order valence-corrected chi connectivity index (χ1v) is 8.33. The van der Waals surface area contributed by atoms with Gasteiger partial charge in [-0.25, -0.2) is 4.79 Å². The van der Waals surface area contributed by atoms with Crippen LogP contribution < -0.4 is 5.32 Å². The molecule has 1 heterocycles. The molecule has 0 saturated carbocycles. The van der Waals surface area contributed by atoms with Gasteiger partial charge in [-0.1, -0.05) is 0 Å². The lowest BCUT2D eigenvalue weighted by molar-refractivity contribution is -0.384. The maximum Gasteiger partial charge on any atom is 0.410 e. The van der Waals surface area contributed by atoms with Crippen molar-refractivity contribution < 1.29 is 24.4 Å². The van der Waals surface area contributed by atoms with Gasteiger partial charge in [-0.05, 0) is 39.7 Å². The number of carbonyl (C=O) groups excluding carboxylic acids is 2. The van der Waals surface area contributed by atoms with Crippen molar-refractivity contribution in [3.05, 3.63) is 28.3 Å². The third-order valence-electron chi connectivity index (χ3n) is 3.89. The summed E-state index contributed by atoms with van der Waals surface area (Å²) in [4.78, 5) is 36.4. The number of likely N-dealkylation sites (tertiary alicyclic amines) is 1. The van der Waals surface area contributed by atoms with Gasteiger partial charge in [-0.3, -0.25) is 14.9 Å². The molecule has 1 aromatic carbocycles. The number of hydrogen-bond donors (Lipinski definition) is 2. The predicted molar refractivity (Wildman–Crippen MR) is 93.9 cm³/mol. The Labute approximate surface area is 151 Å². The first-order chi connectivity index (χ1) is 12.1. The minimum absolute atomic E-state index is 0.0291. The first kappa shape index (κ1) is 19.5. The Bertz CT molecular complexity index is 713. The van der Waals surface area contributed by atoms with Gasteiger partial charge in [0.1, 0.15) is 11.4 Å². The van der Waals surface area contributed by atoms with Crippen LogP contribution in [0.3, 0.4) is 0 Å². The summed E-state index contributed by atoms with van der Waals surface area (Å²) < 4.78 is 5.33. The van der Waals surface area contributed by atoms with Gasteiger partial charge in [0.15, 0.2) is 0 Å². The predicted octanol–water partition coefficient (Wildman–Crippen LogP) is 2.89. The number of nitrogens with one attached hydrogen (secondary N) is 1. The Balaban J connectivity index is 2.04. The van der Waals surface area contributed by atoms with Crippen LogP contribution in [0.15, 0.2) is 18.2 Å². The quantitative estimate of drug-likeness (QED) is 0.482. The number of anilines is 1. The smallest absolute Gasteiger partial charge is 0.410 e. The number of nitro groups is 1. The van der Waals surface area contributed by atoms with E-state index in [-0.39, 0.29) is 23.7 Å². The molecule has 2 N–H and O–H groups in total. The molecular weight excluding hydrogens is 342 g/mol. The van der Waals surface area contributed by atoms with E-state index in [9.17, 15) is 24.8 Å². The average Bonchev–Trinajstić information content (AvgIpc) is 2.55. The second-order valence-electron chi connectivity index (χ2n) is 7.21. The summed E-state index contributed by atoms with van der Waals surface area (Å²) in [5.41, 5.74) is -0.892. The van der Waals surface area contributed by atoms with Crippen molar-refractivity contribution in [2.75, 3.05) is 18.4 Å². The number of rotatable bonds is 3. The van der Waals surface area contributed by atoms with Gasteiger partial charge in [0, 0.05) is 25.2 Å². The molecule has 0 radical (unpaired) electrons. The van der Waals surface area contributed by atoms with Crippen molar-refractivity contribution >= 4 is 23.4 Å². The van der Waals surface area contributed by atoms with E-state index in [1.165, 1.54) is 4.90 Å². The van der Waals surface area contributed by atoms with E-state index in [1.54, 1.807) is 20.8 Å². The number of piperidine rings is 1. The number of phenolic OH excluding ortho intramolecular Hbond substituents is 1. The van der Waals surface area contributed by atoms with Gasteiger partial charge in [0.25, 0.3) is 5.69 Å². The third-order valence-corrected chi connectivity index (χ3v) is 3.89. The summed E-state index contributed by atoms with van der Waals surface area (Å²) in [7, 11) is 0. The number of nitro benzene ring substituents is 1. The normalized spacial score (nSPS) is 17.5. The summed E-state index contributed by atoms with van der Waals surface area (Å²) in [6.07, 6.45) is 0.729. The summed E-state index contributed by atoms with van der Waals surface area (Å²) in [6, 6.07) is 3.40. The zero-order valence-corrected chi connectivity index (χ0v) is 15.0. The molecule has 0 aromatic heterocycles. The second kappa shape index (κ2) is 7.59. The van der Waals surface area contributed by atoms with Gasteiger partial charge in [0.05, 0.1) is 16.5 Å². The Kier molecular flexibility index (Phi) is 5.69. The van der Waals surface area contributed by atoms with Gasteiger partial charge in [0.2, 0.25) is 5.91 Å². The van der Waals surface area contributed by atoms with E-state index >= 15 is 0 Å². The first-order valence-electron chi connectivity index (χ1n) is 8.33.